The van der Waals surface area contributed by atoms with Gasteiger partial charge in [0, 0.05) is 35.5 Å². The van der Waals surface area contributed by atoms with E-state index in [0.717, 1.165) is 36.2 Å². The van der Waals surface area contributed by atoms with Crippen molar-refractivity contribution in [2.75, 3.05) is 9.80 Å². The Hall–Kier alpha value is -2.88. The molecule has 0 saturated heterocycles. The number of benzene rings is 2. The molecule has 1 atom stereocenters. The van der Waals surface area contributed by atoms with Crippen molar-refractivity contribution < 1.29 is 9.59 Å². The number of amides is 2. The summed E-state index contributed by atoms with van der Waals surface area (Å²) >= 11 is 0. The fraction of sp³-hybridized carbons (Fsp3) is 0.515. The number of rotatable bonds is 6. The van der Waals surface area contributed by atoms with Gasteiger partial charge in [-0.05, 0) is 82.4 Å². The molecule has 0 saturated carbocycles. The molecule has 4 nitrogen and oxygen atoms in total. The van der Waals surface area contributed by atoms with E-state index in [2.05, 4.69) is 90.9 Å². The highest BCUT2D eigenvalue weighted by Gasteiger charge is 2.47. The third-order valence-electron chi connectivity index (χ3n) is 8.38. The van der Waals surface area contributed by atoms with E-state index in [4.69, 9.17) is 0 Å². The zero-order valence-corrected chi connectivity index (χ0v) is 24.1. The number of carbonyl (C=O) groups excluding carboxylic acids is 2. The van der Waals surface area contributed by atoms with Crippen LogP contribution in [0.1, 0.15) is 111 Å². The first kappa shape index (κ1) is 27.2. The van der Waals surface area contributed by atoms with Crippen molar-refractivity contribution in [2.45, 2.75) is 110 Å². The molecule has 37 heavy (non-hydrogen) atoms. The molecular formula is C33H44N2O2. The lowest BCUT2D eigenvalue weighted by atomic mass is 9.64. The maximum atomic E-state index is 13.5. The van der Waals surface area contributed by atoms with Gasteiger partial charge in [-0.3, -0.25) is 9.59 Å². The third-order valence-corrected chi connectivity index (χ3v) is 8.38. The van der Waals surface area contributed by atoms with Crippen molar-refractivity contribution in [2.24, 2.45) is 0 Å². The maximum absolute atomic E-state index is 13.5. The number of hydrogen-bond acceptors (Lipinski definition) is 2. The highest BCUT2D eigenvalue weighted by molar-refractivity contribution is 6.00. The van der Waals surface area contributed by atoms with Gasteiger partial charge in [-0.2, -0.15) is 0 Å². The Bertz CT molecular complexity index is 1240. The van der Waals surface area contributed by atoms with E-state index in [1.165, 1.54) is 29.5 Å². The average molecular weight is 501 g/mol. The second-order valence-corrected chi connectivity index (χ2v) is 12.4. The smallest absolute Gasteiger partial charge is 0.227 e. The topological polar surface area (TPSA) is 40.6 Å². The Morgan fingerprint density at radius 3 is 2.27 bits per heavy atom. The number of nitrogens with zero attached hydrogens (tertiary/aromatic N) is 2. The van der Waals surface area contributed by atoms with Gasteiger partial charge in [0.15, 0.2) is 0 Å². The second-order valence-electron chi connectivity index (χ2n) is 12.4. The van der Waals surface area contributed by atoms with Gasteiger partial charge < -0.3 is 9.80 Å². The van der Waals surface area contributed by atoms with Crippen LogP contribution >= 0.6 is 0 Å². The Balaban J connectivity index is 1.80. The highest BCUT2D eigenvalue weighted by Crippen LogP contribution is 2.51. The number of unbranched alkanes of at least 4 members (excludes halogenated alkanes) is 3. The molecule has 0 unspecified atom stereocenters. The number of carbonyl (C=O) groups is 2. The molecule has 2 amide bonds. The molecule has 0 bridgehead atoms. The average Bonchev–Trinajstić information content (AvgIpc) is 2.80. The van der Waals surface area contributed by atoms with Gasteiger partial charge >= 0.3 is 0 Å². The van der Waals surface area contributed by atoms with Crippen LogP contribution in [-0.2, 0) is 15.0 Å². The van der Waals surface area contributed by atoms with Crippen LogP contribution < -0.4 is 9.80 Å². The van der Waals surface area contributed by atoms with Crippen LogP contribution in [0.4, 0.5) is 11.4 Å². The molecule has 0 aromatic heterocycles. The van der Waals surface area contributed by atoms with Gasteiger partial charge in [-0.1, -0.05) is 63.5 Å². The van der Waals surface area contributed by atoms with Crippen LogP contribution in [0, 0.1) is 0 Å². The molecule has 2 aromatic rings. The van der Waals surface area contributed by atoms with E-state index in [1.54, 1.807) is 6.92 Å². The SMILES string of the molecule is CCCCCCC(=O)N1c2ccc([C@]3(C)CC(C)(C)N(C(C)=O)c4ccccc43)cc2C(C)=CC1(C)C. The van der Waals surface area contributed by atoms with E-state index in [9.17, 15) is 9.59 Å². The fourth-order valence-corrected chi connectivity index (χ4v) is 7.00. The van der Waals surface area contributed by atoms with Crippen molar-refractivity contribution in [3.05, 3.63) is 65.2 Å². The maximum Gasteiger partial charge on any atom is 0.227 e. The zero-order chi connectivity index (χ0) is 27.2. The molecule has 4 heteroatoms. The minimum absolute atomic E-state index is 0.0686. The first-order chi connectivity index (χ1) is 17.3. The summed E-state index contributed by atoms with van der Waals surface area (Å²) in [7, 11) is 0. The molecule has 2 aromatic carbocycles. The molecule has 0 radical (unpaired) electrons. The predicted octanol–water partition coefficient (Wildman–Crippen LogP) is 8.03. The number of anilines is 2. The van der Waals surface area contributed by atoms with Crippen LogP contribution in [0.15, 0.2) is 48.5 Å². The number of allylic oxidation sites excluding steroid dienone is 1. The summed E-state index contributed by atoms with van der Waals surface area (Å²) in [6, 6.07) is 15.0. The Kier molecular flexibility index (Phi) is 7.18. The Morgan fingerprint density at radius 2 is 1.59 bits per heavy atom. The van der Waals surface area contributed by atoms with Gasteiger partial charge in [0.2, 0.25) is 11.8 Å². The minimum atomic E-state index is -0.369. The van der Waals surface area contributed by atoms with Crippen LogP contribution in [0.5, 0.6) is 0 Å². The van der Waals surface area contributed by atoms with Gasteiger partial charge in [0.25, 0.3) is 0 Å². The van der Waals surface area contributed by atoms with Crippen molar-refractivity contribution in [3.63, 3.8) is 0 Å². The van der Waals surface area contributed by atoms with E-state index < -0.39 is 0 Å². The summed E-state index contributed by atoms with van der Waals surface area (Å²) in [5.74, 6) is 0.269. The van der Waals surface area contributed by atoms with Gasteiger partial charge in [-0.15, -0.1) is 0 Å². The summed E-state index contributed by atoms with van der Waals surface area (Å²) in [6.07, 6.45) is 8.00. The van der Waals surface area contributed by atoms with E-state index in [1.807, 2.05) is 15.9 Å². The molecular weight excluding hydrogens is 456 g/mol. The van der Waals surface area contributed by atoms with Crippen LogP contribution in [-0.4, -0.2) is 22.9 Å². The summed E-state index contributed by atoms with van der Waals surface area (Å²) < 4.78 is 0. The molecule has 0 aliphatic carbocycles. The van der Waals surface area contributed by atoms with Crippen LogP contribution in [0.2, 0.25) is 0 Å². The lowest BCUT2D eigenvalue weighted by molar-refractivity contribution is -0.119. The minimum Gasteiger partial charge on any atom is -0.307 e. The molecule has 0 N–H and O–H groups in total. The number of para-hydroxylation sites is 1. The first-order valence-electron chi connectivity index (χ1n) is 13.9. The normalized spacial score (nSPS) is 21.7. The summed E-state index contributed by atoms with van der Waals surface area (Å²) in [5.41, 5.74) is 5.74. The summed E-state index contributed by atoms with van der Waals surface area (Å²) in [6.45, 7) is 16.9. The number of hydrogen-bond donors (Lipinski definition) is 0. The van der Waals surface area contributed by atoms with Crippen molar-refractivity contribution in [1.82, 2.24) is 0 Å². The quantitative estimate of drug-likeness (QED) is 0.377. The fourth-order valence-electron chi connectivity index (χ4n) is 7.00. The van der Waals surface area contributed by atoms with Crippen molar-refractivity contribution >= 4 is 28.8 Å². The van der Waals surface area contributed by atoms with Gasteiger partial charge in [0.05, 0.1) is 11.2 Å². The Labute approximate surface area is 223 Å². The van der Waals surface area contributed by atoms with E-state index in [0.29, 0.717) is 6.42 Å². The molecule has 4 rings (SSSR count). The lowest BCUT2D eigenvalue weighted by Gasteiger charge is -2.51. The number of fused-ring (bicyclic) bond motifs is 2. The van der Waals surface area contributed by atoms with Crippen molar-refractivity contribution in [3.8, 4) is 0 Å². The molecule has 198 valence electrons. The molecule has 2 aliphatic heterocycles. The van der Waals surface area contributed by atoms with Crippen LogP contribution in [0.25, 0.3) is 5.57 Å². The summed E-state index contributed by atoms with van der Waals surface area (Å²) in [5, 5.41) is 0. The predicted molar refractivity (Wildman–Crippen MR) is 155 cm³/mol. The van der Waals surface area contributed by atoms with E-state index >= 15 is 0 Å². The standard InChI is InChI=1S/C33H44N2O2/c1-9-10-11-12-17-30(37)35-28-19-18-25(20-26(28)23(2)21-31(35,4)5)33(8)22-32(6,7)34(24(3)36)29-16-14-13-15-27(29)33/h13-16,18-21H,9-12,17,22H2,1-8H3/t33-/m0/s1. The monoisotopic (exact) mass is 500 g/mol. The lowest BCUT2D eigenvalue weighted by Crippen LogP contribution is -2.55. The molecule has 0 fully saturated rings. The second kappa shape index (κ2) is 9.78. The van der Waals surface area contributed by atoms with Crippen LogP contribution in [0.3, 0.4) is 0 Å². The van der Waals surface area contributed by atoms with E-state index in [-0.39, 0.29) is 28.3 Å². The third kappa shape index (κ3) is 4.76. The molecule has 2 heterocycles. The van der Waals surface area contributed by atoms with Gasteiger partial charge in [-0.25, -0.2) is 0 Å². The Morgan fingerprint density at radius 1 is 0.892 bits per heavy atom. The summed E-state index contributed by atoms with van der Waals surface area (Å²) in [4.78, 5) is 30.2. The van der Waals surface area contributed by atoms with Gasteiger partial charge in [0.1, 0.15) is 0 Å². The highest BCUT2D eigenvalue weighted by atomic mass is 16.2. The zero-order valence-electron chi connectivity index (χ0n) is 24.1. The molecule has 0 spiro atoms. The van der Waals surface area contributed by atoms with Crippen molar-refractivity contribution in [1.29, 1.82) is 0 Å². The largest absolute Gasteiger partial charge is 0.307 e. The first-order valence-corrected chi connectivity index (χ1v) is 13.9. The molecule has 2 aliphatic rings.